The van der Waals surface area contributed by atoms with Gasteiger partial charge < -0.3 is 16.4 Å². The molecule has 1 aliphatic carbocycles. The second kappa shape index (κ2) is 3.52. The van der Waals surface area contributed by atoms with Crippen molar-refractivity contribution in [1.29, 1.82) is 0 Å². The third kappa shape index (κ3) is 1.72. The van der Waals surface area contributed by atoms with Crippen LogP contribution in [0.25, 0.3) is 0 Å². The van der Waals surface area contributed by atoms with Crippen LogP contribution in [-0.4, -0.2) is 31.7 Å². The fraction of sp³-hybridized carbons (Fsp3) is 1.00. The Labute approximate surface area is 68.7 Å². The molecule has 0 aromatic carbocycles. The minimum Gasteiger partial charge on any atom is -0.329 e. The van der Waals surface area contributed by atoms with Crippen molar-refractivity contribution in [2.24, 2.45) is 5.73 Å². The summed E-state index contributed by atoms with van der Waals surface area (Å²) in [6.07, 6.45) is 2.35. The van der Waals surface area contributed by atoms with Crippen LogP contribution in [0.3, 0.4) is 0 Å². The van der Waals surface area contributed by atoms with Gasteiger partial charge in [0, 0.05) is 18.1 Å². The van der Waals surface area contributed by atoms with E-state index < -0.39 is 0 Å². The lowest BCUT2D eigenvalue weighted by Gasteiger charge is -2.47. The Hall–Kier alpha value is -0.120. The molecule has 1 rings (SSSR count). The van der Waals surface area contributed by atoms with Gasteiger partial charge in [0.15, 0.2) is 0 Å². The number of nitrogens with two attached hydrogens (primary N) is 1. The highest BCUT2D eigenvalue weighted by molar-refractivity contribution is 5.04. The van der Waals surface area contributed by atoms with Crippen molar-refractivity contribution in [2.45, 2.75) is 31.3 Å². The molecule has 1 aliphatic rings. The second-order valence-electron chi connectivity index (χ2n) is 3.41. The Morgan fingerprint density at radius 2 is 2.18 bits per heavy atom. The molecule has 0 atom stereocenters. The molecule has 0 bridgehead atoms. The number of hydrogen-bond donors (Lipinski definition) is 3. The van der Waals surface area contributed by atoms with Gasteiger partial charge in [0.2, 0.25) is 0 Å². The van der Waals surface area contributed by atoms with Crippen molar-refractivity contribution >= 4 is 0 Å². The average molecular weight is 157 g/mol. The van der Waals surface area contributed by atoms with Crippen molar-refractivity contribution in [3.8, 4) is 0 Å². The zero-order valence-corrected chi connectivity index (χ0v) is 7.48. The minimum absolute atomic E-state index is 0.252. The summed E-state index contributed by atoms with van der Waals surface area (Å²) in [5, 5.41) is 6.70. The largest absolute Gasteiger partial charge is 0.329 e. The third-order valence-electron chi connectivity index (χ3n) is 2.63. The highest BCUT2D eigenvalue weighted by Gasteiger charge is 2.41. The molecule has 1 saturated carbocycles. The first-order valence-electron chi connectivity index (χ1n) is 4.38. The molecule has 0 amide bonds. The lowest BCUT2D eigenvalue weighted by Crippen LogP contribution is -2.64. The van der Waals surface area contributed by atoms with Crippen LogP contribution in [-0.2, 0) is 0 Å². The Bertz CT molecular complexity index is 119. The van der Waals surface area contributed by atoms with Gasteiger partial charge in [0.1, 0.15) is 0 Å². The van der Waals surface area contributed by atoms with Crippen molar-refractivity contribution in [3.63, 3.8) is 0 Å². The van der Waals surface area contributed by atoms with E-state index >= 15 is 0 Å². The number of likely N-dealkylation sites (N-methyl/N-ethyl adjacent to an activating group) is 1. The van der Waals surface area contributed by atoms with E-state index in [9.17, 15) is 0 Å². The summed E-state index contributed by atoms with van der Waals surface area (Å²) < 4.78 is 0. The Kier molecular flexibility index (Phi) is 2.87. The topological polar surface area (TPSA) is 50.1 Å². The zero-order chi connectivity index (χ0) is 8.32. The van der Waals surface area contributed by atoms with Crippen molar-refractivity contribution in [1.82, 2.24) is 10.6 Å². The van der Waals surface area contributed by atoms with Gasteiger partial charge in [0.25, 0.3) is 0 Å². The SMILES string of the molecule is CCNC1(CN)CC(NC)C1. The van der Waals surface area contributed by atoms with E-state index in [1.165, 1.54) is 12.8 Å². The minimum atomic E-state index is 0.252. The molecule has 1 fully saturated rings. The molecule has 0 aliphatic heterocycles. The van der Waals surface area contributed by atoms with Crippen LogP contribution in [0.15, 0.2) is 0 Å². The molecule has 11 heavy (non-hydrogen) atoms. The molecule has 4 N–H and O–H groups in total. The smallest absolute Gasteiger partial charge is 0.0333 e. The van der Waals surface area contributed by atoms with E-state index in [0.717, 1.165) is 13.1 Å². The van der Waals surface area contributed by atoms with E-state index in [2.05, 4.69) is 17.6 Å². The van der Waals surface area contributed by atoms with Crippen molar-refractivity contribution in [2.75, 3.05) is 20.1 Å². The van der Waals surface area contributed by atoms with E-state index in [4.69, 9.17) is 5.73 Å². The summed E-state index contributed by atoms with van der Waals surface area (Å²) in [4.78, 5) is 0. The number of rotatable bonds is 4. The molecule has 3 nitrogen and oxygen atoms in total. The molecule has 0 saturated heterocycles. The zero-order valence-electron chi connectivity index (χ0n) is 7.48. The molecular formula is C8H19N3. The van der Waals surface area contributed by atoms with Gasteiger partial charge in [-0.15, -0.1) is 0 Å². The lowest BCUT2D eigenvalue weighted by molar-refractivity contribution is 0.145. The first kappa shape index (κ1) is 8.97. The summed E-state index contributed by atoms with van der Waals surface area (Å²) in [7, 11) is 2.01. The van der Waals surface area contributed by atoms with Crippen LogP contribution in [0.2, 0.25) is 0 Å². The number of hydrogen-bond acceptors (Lipinski definition) is 3. The van der Waals surface area contributed by atoms with Crippen LogP contribution < -0.4 is 16.4 Å². The van der Waals surface area contributed by atoms with Crippen molar-refractivity contribution < 1.29 is 0 Å². The second-order valence-corrected chi connectivity index (χ2v) is 3.41. The summed E-state index contributed by atoms with van der Waals surface area (Å²) in [5.41, 5.74) is 5.93. The van der Waals surface area contributed by atoms with Crippen LogP contribution in [0, 0.1) is 0 Å². The Balaban J connectivity index is 2.30. The summed E-state index contributed by atoms with van der Waals surface area (Å²) >= 11 is 0. The maximum absolute atomic E-state index is 5.68. The first-order chi connectivity index (χ1) is 5.26. The maximum atomic E-state index is 5.68. The molecule has 3 heteroatoms. The van der Waals surface area contributed by atoms with Gasteiger partial charge in [-0.2, -0.15) is 0 Å². The fourth-order valence-corrected chi connectivity index (χ4v) is 1.85. The van der Waals surface area contributed by atoms with Gasteiger partial charge in [-0.1, -0.05) is 6.92 Å². The monoisotopic (exact) mass is 157 g/mol. The lowest BCUT2D eigenvalue weighted by atomic mass is 9.72. The quantitative estimate of drug-likeness (QED) is 0.524. The molecule has 0 aromatic rings. The molecule has 0 unspecified atom stereocenters. The van der Waals surface area contributed by atoms with Gasteiger partial charge in [-0.3, -0.25) is 0 Å². The Morgan fingerprint density at radius 1 is 1.55 bits per heavy atom. The summed E-state index contributed by atoms with van der Waals surface area (Å²) in [6, 6.07) is 0.678. The predicted octanol–water partition coefficient (Wildman–Crippen LogP) is -0.325. The third-order valence-corrected chi connectivity index (χ3v) is 2.63. The van der Waals surface area contributed by atoms with E-state index in [1.54, 1.807) is 0 Å². The van der Waals surface area contributed by atoms with Gasteiger partial charge in [-0.05, 0) is 26.4 Å². The van der Waals surface area contributed by atoms with Gasteiger partial charge in [0.05, 0.1) is 0 Å². The standard InChI is InChI=1S/C8H19N3/c1-3-11-8(6-9)4-7(5-8)10-2/h7,10-11H,3-6,9H2,1-2H3. The van der Waals surface area contributed by atoms with E-state index in [-0.39, 0.29) is 5.54 Å². The van der Waals surface area contributed by atoms with E-state index in [1.807, 2.05) is 7.05 Å². The predicted molar refractivity (Wildman–Crippen MR) is 47.5 cm³/mol. The normalized spacial score (nSPS) is 36.8. The molecule has 66 valence electrons. The highest BCUT2D eigenvalue weighted by atomic mass is 15.1. The van der Waals surface area contributed by atoms with Crippen LogP contribution >= 0.6 is 0 Å². The molecular weight excluding hydrogens is 138 g/mol. The first-order valence-corrected chi connectivity index (χ1v) is 4.38. The van der Waals surface area contributed by atoms with Crippen LogP contribution in [0.4, 0.5) is 0 Å². The van der Waals surface area contributed by atoms with Crippen LogP contribution in [0.5, 0.6) is 0 Å². The molecule has 0 heterocycles. The average Bonchev–Trinajstić information content (AvgIpc) is 1.96. The molecule has 0 radical (unpaired) electrons. The maximum Gasteiger partial charge on any atom is 0.0333 e. The van der Waals surface area contributed by atoms with Crippen LogP contribution in [0.1, 0.15) is 19.8 Å². The number of nitrogens with one attached hydrogen (secondary N) is 2. The van der Waals surface area contributed by atoms with Gasteiger partial charge in [-0.25, -0.2) is 0 Å². The van der Waals surface area contributed by atoms with Gasteiger partial charge >= 0.3 is 0 Å². The summed E-state index contributed by atoms with van der Waals surface area (Å²) in [5.74, 6) is 0. The molecule has 0 spiro atoms. The van der Waals surface area contributed by atoms with E-state index in [0.29, 0.717) is 6.04 Å². The molecule has 0 aromatic heterocycles. The fourth-order valence-electron chi connectivity index (χ4n) is 1.85. The summed E-state index contributed by atoms with van der Waals surface area (Å²) in [6.45, 7) is 3.91. The van der Waals surface area contributed by atoms with Crippen molar-refractivity contribution in [3.05, 3.63) is 0 Å². The Morgan fingerprint density at radius 3 is 2.55 bits per heavy atom. The highest BCUT2D eigenvalue weighted by Crippen LogP contribution is 2.30.